The van der Waals surface area contributed by atoms with E-state index in [-0.39, 0.29) is 29.4 Å². The SMILES string of the molecule is COC(=O)CNC(=O)c1ccc(NC[C@@H]2CCC[C@@H]2O)c([N+](=O)[O-])c1. The number of aliphatic hydroxyl groups excluding tert-OH is 1. The summed E-state index contributed by atoms with van der Waals surface area (Å²) in [6.07, 6.45) is 2.16. The Labute approximate surface area is 144 Å². The van der Waals surface area contributed by atoms with Gasteiger partial charge in [-0.2, -0.15) is 0 Å². The predicted molar refractivity (Wildman–Crippen MR) is 89.3 cm³/mol. The van der Waals surface area contributed by atoms with Gasteiger partial charge < -0.3 is 20.5 Å². The lowest BCUT2D eigenvalue weighted by Crippen LogP contribution is -2.30. The van der Waals surface area contributed by atoms with Gasteiger partial charge in [0.2, 0.25) is 0 Å². The average molecular weight is 351 g/mol. The maximum atomic E-state index is 12.0. The molecule has 3 N–H and O–H groups in total. The molecule has 0 aliphatic heterocycles. The number of ether oxygens (including phenoxy) is 1. The Hall–Kier alpha value is -2.68. The zero-order chi connectivity index (χ0) is 18.4. The number of carbonyl (C=O) groups is 2. The molecule has 1 aliphatic rings. The van der Waals surface area contributed by atoms with Crippen molar-refractivity contribution < 1.29 is 24.4 Å². The number of nitrogens with zero attached hydrogens (tertiary/aromatic N) is 1. The van der Waals surface area contributed by atoms with Crippen LogP contribution in [0, 0.1) is 16.0 Å². The highest BCUT2D eigenvalue weighted by atomic mass is 16.6. The highest BCUT2D eigenvalue weighted by molar-refractivity contribution is 5.97. The fraction of sp³-hybridized carbons (Fsp3) is 0.500. The van der Waals surface area contributed by atoms with Crippen molar-refractivity contribution >= 4 is 23.3 Å². The van der Waals surface area contributed by atoms with E-state index in [1.807, 2.05) is 0 Å². The Morgan fingerprint density at radius 3 is 2.76 bits per heavy atom. The van der Waals surface area contributed by atoms with Gasteiger partial charge in [-0.15, -0.1) is 0 Å². The molecule has 1 saturated carbocycles. The van der Waals surface area contributed by atoms with Crippen molar-refractivity contribution in [3.05, 3.63) is 33.9 Å². The molecule has 25 heavy (non-hydrogen) atoms. The number of hydrogen-bond acceptors (Lipinski definition) is 7. The molecule has 9 heteroatoms. The van der Waals surface area contributed by atoms with Crippen LogP contribution >= 0.6 is 0 Å². The van der Waals surface area contributed by atoms with Crippen LogP contribution in [0.1, 0.15) is 29.6 Å². The lowest BCUT2D eigenvalue weighted by Gasteiger charge is -2.16. The highest BCUT2D eigenvalue weighted by Crippen LogP contribution is 2.29. The molecule has 1 aromatic carbocycles. The fourth-order valence-corrected chi connectivity index (χ4v) is 2.80. The number of nitro groups is 1. The van der Waals surface area contributed by atoms with E-state index in [4.69, 9.17) is 0 Å². The molecule has 2 rings (SSSR count). The summed E-state index contributed by atoms with van der Waals surface area (Å²) in [6, 6.07) is 4.04. The quantitative estimate of drug-likeness (QED) is 0.380. The number of aliphatic hydroxyl groups is 1. The van der Waals surface area contributed by atoms with Crippen LogP contribution in [0.5, 0.6) is 0 Å². The summed E-state index contributed by atoms with van der Waals surface area (Å²) in [4.78, 5) is 33.7. The molecule has 0 aromatic heterocycles. The first-order valence-electron chi connectivity index (χ1n) is 7.97. The van der Waals surface area contributed by atoms with Crippen molar-refractivity contribution in [2.24, 2.45) is 5.92 Å². The summed E-state index contributed by atoms with van der Waals surface area (Å²) in [5.41, 5.74) is 0.119. The third-order valence-electron chi connectivity index (χ3n) is 4.25. The smallest absolute Gasteiger partial charge is 0.325 e. The summed E-state index contributed by atoms with van der Waals surface area (Å²) in [5.74, 6) is -1.16. The molecule has 0 heterocycles. The van der Waals surface area contributed by atoms with Crippen molar-refractivity contribution in [3.8, 4) is 0 Å². The van der Waals surface area contributed by atoms with Crippen LogP contribution in [0.3, 0.4) is 0 Å². The molecule has 1 fully saturated rings. The van der Waals surface area contributed by atoms with Gasteiger partial charge in [0.25, 0.3) is 11.6 Å². The molecular weight excluding hydrogens is 330 g/mol. The maximum absolute atomic E-state index is 12.0. The molecule has 2 atom stereocenters. The first-order chi connectivity index (χ1) is 11.9. The standard InChI is InChI=1S/C16H21N3O6/c1-25-15(21)9-18-16(22)10-5-6-12(13(7-10)19(23)24)17-8-11-3-2-4-14(11)20/h5-7,11,14,17,20H,2-4,8-9H2,1H3,(H,18,22)/t11-,14-/m0/s1. The number of carbonyl (C=O) groups excluding carboxylic acids is 2. The molecule has 9 nitrogen and oxygen atoms in total. The normalized spacial score (nSPS) is 19.3. The fourth-order valence-electron chi connectivity index (χ4n) is 2.80. The van der Waals surface area contributed by atoms with Gasteiger partial charge in [-0.05, 0) is 25.0 Å². The largest absolute Gasteiger partial charge is 0.468 e. The number of nitro benzene ring substituents is 1. The zero-order valence-corrected chi connectivity index (χ0v) is 13.9. The van der Waals surface area contributed by atoms with Crippen LogP contribution in [0.25, 0.3) is 0 Å². The summed E-state index contributed by atoms with van der Waals surface area (Å²) in [7, 11) is 1.20. The second kappa shape index (κ2) is 8.43. The van der Waals surface area contributed by atoms with Gasteiger partial charge in [0.05, 0.1) is 18.1 Å². The molecule has 1 aromatic rings. The number of benzene rings is 1. The first-order valence-corrected chi connectivity index (χ1v) is 7.97. The Balaban J connectivity index is 2.07. The minimum atomic E-state index is -0.615. The summed E-state index contributed by atoms with van der Waals surface area (Å²) < 4.78 is 4.41. The minimum Gasteiger partial charge on any atom is -0.468 e. The molecule has 0 saturated heterocycles. The summed E-state index contributed by atoms with van der Waals surface area (Å²) in [5, 5.41) is 26.4. The van der Waals surface area contributed by atoms with E-state index in [9.17, 15) is 24.8 Å². The van der Waals surface area contributed by atoms with E-state index in [2.05, 4.69) is 15.4 Å². The number of methoxy groups -OCH3 is 1. The monoisotopic (exact) mass is 351 g/mol. The lowest BCUT2D eigenvalue weighted by molar-refractivity contribution is -0.384. The molecule has 1 amide bonds. The molecule has 0 radical (unpaired) electrons. The third-order valence-corrected chi connectivity index (χ3v) is 4.25. The number of hydrogen-bond donors (Lipinski definition) is 3. The Morgan fingerprint density at radius 2 is 2.16 bits per heavy atom. The van der Waals surface area contributed by atoms with Gasteiger partial charge in [-0.25, -0.2) is 0 Å². The lowest BCUT2D eigenvalue weighted by atomic mass is 10.1. The van der Waals surface area contributed by atoms with Crippen molar-refractivity contribution in [1.29, 1.82) is 0 Å². The van der Waals surface area contributed by atoms with Crippen LogP contribution < -0.4 is 10.6 Å². The predicted octanol–water partition coefficient (Wildman–Crippen LogP) is 1.07. The van der Waals surface area contributed by atoms with Gasteiger partial charge in [-0.3, -0.25) is 19.7 Å². The van der Waals surface area contributed by atoms with Crippen molar-refractivity contribution in [2.75, 3.05) is 25.5 Å². The van der Waals surface area contributed by atoms with Gasteiger partial charge in [0.15, 0.2) is 0 Å². The third kappa shape index (κ3) is 4.90. The van der Waals surface area contributed by atoms with E-state index >= 15 is 0 Å². The first kappa shape index (κ1) is 18.7. The number of amides is 1. The topological polar surface area (TPSA) is 131 Å². The van der Waals surface area contributed by atoms with Gasteiger partial charge >= 0.3 is 5.97 Å². The van der Waals surface area contributed by atoms with Crippen LogP contribution in [-0.4, -0.2) is 48.2 Å². The van der Waals surface area contributed by atoms with Crippen molar-refractivity contribution in [3.63, 3.8) is 0 Å². The molecule has 0 spiro atoms. The van der Waals surface area contributed by atoms with Gasteiger partial charge in [-0.1, -0.05) is 6.42 Å². The Kier molecular flexibility index (Phi) is 6.29. The van der Waals surface area contributed by atoms with Gasteiger partial charge in [0, 0.05) is 24.1 Å². The average Bonchev–Trinajstić information content (AvgIpc) is 3.02. The van der Waals surface area contributed by atoms with E-state index in [1.165, 1.54) is 19.2 Å². The second-order valence-electron chi connectivity index (χ2n) is 5.89. The maximum Gasteiger partial charge on any atom is 0.325 e. The summed E-state index contributed by atoms with van der Waals surface area (Å²) >= 11 is 0. The summed E-state index contributed by atoms with van der Waals surface area (Å²) in [6.45, 7) is 0.110. The van der Waals surface area contributed by atoms with Crippen LogP contribution in [-0.2, 0) is 9.53 Å². The molecule has 1 aliphatic carbocycles. The van der Waals surface area contributed by atoms with Crippen LogP contribution in [0.15, 0.2) is 18.2 Å². The van der Waals surface area contributed by atoms with Gasteiger partial charge in [0.1, 0.15) is 12.2 Å². The van der Waals surface area contributed by atoms with Crippen molar-refractivity contribution in [2.45, 2.75) is 25.4 Å². The van der Waals surface area contributed by atoms with E-state index in [0.717, 1.165) is 25.3 Å². The van der Waals surface area contributed by atoms with Crippen molar-refractivity contribution in [1.82, 2.24) is 5.32 Å². The minimum absolute atomic E-state index is 0.0580. The zero-order valence-electron chi connectivity index (χ0n) is 13.9. The Bertz CT molecular complexity index is 663. The second-order valence-corrected chi connectivity index (χ2v) is 5.89. The van der Waals surface area contributed by atoms with E-state index < -0.39 is 22.9 Å². The van der Waals surface area contributed by atoms with E-state index in [1.54, 1.807) is 0 Å². The molecule has 0 bridgehead atoms. The molecule has 136 valence electrons. The number of rotatable bonds is 7. The van der Waals surface area contributed by atoms with Crippen LogP contribution in [0.2, 0.25) is 0 Å². The van der Waals surface area contributed by atoms with Crippen LogP contribution in [0.4, 0.5) is 11.4 Å². The molecule has 0 unspecified atom stereocenters. The number of esters is 1. The number of anilines is 1. The molecular formula is C16H21N3O6. The van der Waals surface area contributed by atoms with E-state index in [0.29, 0.717) is 6.54 Å². The highest BCUT2D eigenvalue weighted by Gasteiger charge is 2.26. The Morgan fingerprint density at radius 1 is 1.40 bits per heavy atom. The number of nitrogens with one attached hydrogen (secondary N) is 2.